The van der Waals surface area contributed by atoms with Gasteiger partial charge in [-0.05, 0) is 58.0 Å². The summed E-state index contributed by atoms with van der Waals surface area (Å²) in [6, 6.07) is 8.23. The van der Waals surface area contributed by atoms with E-state index < -0.39 is 0 Å². The summed E-state index contributed by atoms with van der Waals surface area (Å²) >= 11 is 0. The van der Waals surface area contributed by atoms with Crippen LogP contribution in [0.2, 0.25) is 0 Å². The van der Waals surface area contributed by atoms with E-state index in [9.17, 15) is 10.1 Å². The van der Waals surface area contributed by atoms with Crippen molar-refractivity contribution in [2.45, 2.75) is 32.7 Å². The van der Waals surface area contributed by atoms with Gasteiger partial charge in [-0.2, -0.15) is 5.26 Å². The molecule has 0 atom stereocenters. The topological polar surface area (TPSA) is 59.4 Å². The van der Waals surface area contributed by atoms with Gasteiger partial charge >= 0.3 is 0 Å². The van der Waals surface area contributed by atoms with Crippen LogP contribution in [-0.2, 0) is 4.79 Å². The lowest BCUT2D eigenvalue weighted by Gasteiger charge is -2.35. The molecule has 128 valence electrons. The molecule has 5 heteroatoms. The first-order valence-electron chi connectivity index (χ1n) is 8.32. The first-order valence-corrected chi connectivity index (χ1v) is 8.32. The third-order valence-electron chi connectivity index (χ3n) is 4.75. The highest BCUT2D eigenvalue weighted by Gasteiger charge is 2.25. The van der Waals surface area contributed by atoms with Gasteiger partial charge in [0.2, 0.25) is 0 Å². The summed E-state index contributed by atoms with van der Waals surface area (Å²) in [5.41, 5.74) is 3.25. The van der Waals surface area contributed by atoms with Crippen LogP contribution in [-0.4, -0.2) is 48.9 Å². The molecule has 1 aliphatic heterocycles. The van der Waals surface area contributed by atoms with Crippen LogP contribution in [0.1, 0.15) is 24.0 Å². The number of carbonyl (C=O) groups excluding carboxylic acids is 1. The molecule has 0 saturated carbocycles. The average molecular weight is 326 g/mol. The van der Waals surface area contributed by atoms with Crippen molar-refractivity contribution >= 4 is 11.6 Å². The molecule has 1 N–H and O–H groups in total. The fourth-order valence-electron chi connectivity index (χ4n) is 3.07. The molecule has 24 heavy (non-hydrogen) atoms. The summed E-state index contributed by atoms with van der Waals surface area (Å²) in [7, 11) is 3.88. The van der Waals surface area contributed by atoms with Crippen LogP contribution in [0.3, 0.4) is 0 Å². The van der Waals surface area contributed by atoms with Gasteiger partial charge < -0.3 is 15.1 Å². The molecule has 0 bridgehead atoms. The molecule has 1 amide bonds. The van der Waals surface area contributed by atoms with Crippen LogP contribution in [0, 0.1) is 25.2 Å². The minimum absolute atomic E-state index is 0.138. The zero-order valence-electron chi connectivity index (χ0n) is 15.0. The number of rotatable bonds is 4. The second-order valence-electron chi connectivity index (χ2n) is 6.53. The number of nitrogens with zero attached hydrogens (tertiary/aromatic N) is 3. The Bertz CT molecular complexity index is 646. The van der Waals surface area contributed by atoms with E-state index in [0.717, 1.165) is 42.7 Å². The zero-order valence-corrected chi connectivity index (χ0v) is 15.0. The van der Waals surface area contributed by atoms with Gasteiger partial charge in [0, 0.05) is 25.0 Å². The first kappa shape index (κ1) is 18.0. The molecule has 0 aromatic heterocycles. The summed E-state index contributed by atoms with van der Waals surface area (Å²) in [6.07, 6.45) is 3.42. The summed E-state index contributed by atoms with van der Waals surface area (Å²) in [4.78, 5) is 16.6. The molecule has 1 fully saturated rings. The summed E-state index contributed by atoms with van der Waals surface area (Å²) in [5, 5.41) is 12.5. The number of anilines is 1. The quantitative estimate of drug-likeness (QED) is 0.683. The van der Waals surface area contributed by atoms with E-state index in [1.807, 2.05) is 38.1 Å². The number of piperidine rings is 1. The van der Waals surface area contributed by atoms with E-state index in [0.29, 0.717) is 0 Å². The molecule has 0 unspecified atom stereocenters. The average Bonchev–Trinajstić information content (AvgIpc) is 2.57. The van der Waals surface area contributed by atoms with Gasteiger partial charge in [0.05, 0.1) is 0 Å². The maximum atomic E-state index is 12.6. The first-order chi connectivity index (χ1) is 11.4. The molecule has 1 heterocycles. The van der Waals surface area contributed by atoms with Crippen LogP contribution >= 0.6 is 0 Å². The highest BCUT2D eigenvalue weighted by atomic mass is 16.2. The SMILES string of the molecule is Cc1cccc(C)c1N/C=C(/C#N)C(=O)N(C)C1CCN(C)CC1. The monoisotopic (exact) mass is 326 g/mol. The number of carbonyl (C=O) groups is 1. The third-order valence-corrected chi connectivity index (χ3v) is 4.75. The lowest BCUT2D eigenvalue weighted by molar-refractivity contribution is -0.128. The second-order valence-corrected chi connectivity index (χ2v) is 6.53. The Balaban J connectivity index is 2.09. The normalized spacial score (nSPS) is 16.5. The zero-order chi connectivity index (χ0) is 17.7. The second kappa shape index (κ2) is 7.98. The van der Waals surface area contributed by atoms with Crippen molar-refractivity contribution in [1.82, 2.24) is 9.80 Å². The van der Waals surface area contributed by atoms with Crippen molar-refractivity contribution in [2.75, 3.05) is 32.5 Å². The van der Waals surface area contributed by atoms with Crippen molar-refractivity contribution in [3.63, 3.8) is 0 Å². The van der Waals surface area contributed by atoms with E-state index in [4.69, 9.17) is 0 Å². The minimum Gasteiger partial charge on any atom is -0.360 e. The van der Waals surface area contributed by atoms with E-state index in [1.54, 1.807) is 11.9 Å². The van der Waals surface area contributed by atoms with E-state index in [2.05, 4.69) is 17.3 Å². The predicted octanol–water partition coefficient (Wildman–Crippen LogP) is 2.68. The standard InChI is InChI=1S/C19H26N4O/c1-14-6-5-7-15(2)18(14)21-13-16(12-20)19(24)23(4)17-8-10-22(3)11-9-17/h5-7,13,17,21H,8-11H2,1-4H3/b16-13-. The van der Waals surface area contributed by atoms with Crippen molar-refractivity contribution in [3.05, 3.63) is 41.1 Å². The fraction of sp³-hybridized carbons (Fsp3) is 0.474. The van der Waals surface area contributed by atoms with Crippen LogP contribution in [0.5, 0.6) is 0 Å². The van der Waals surface area contributed by atoms with Gasteiger partial charge in [-0.3, -0.25) is 4.79 Å². The number of aryl methyl sites for hydroxylation is 2. The number of nitriles is 1. The maximum absolute atomic E-state index is 12.6. The number of hydrogen-bond acceptors (Lipinski definition) is 4. The van der Waals surface area contributed by atoms with Crippen molar-refractivity contribution in [3.8, 4) is 6.07 Å². The van der Waals surface area contributed by atoms with Gasteiger partial charge in [0.15, 0.2) is 0 Å². The number of likely N-dealkylation sites (N-methyl/N-ethyl adjacent to an activating group) is 1. The smallest absolute Gasteiger partial charge is 0.266 e. The molecule has 0 aliphatic carbocycles. The highest BCUT2D eigenvalue weighted by Crippen LogP contribution is 2.20. The van der Waals surface area contributed by atoms with Crippen molar-refractivity contribution in [2.24, 2.45) is 0 Å². The molecule has 1 aliphatic rings. The number of benzene rings is 1. The number of likely N-dealkylation sites (tertiary alicyclic amines) is 1. The summed E-state index contributed by atoms with van der Waals surface area (Å²) < 4.78 is 0. The molecule has 5 nitrogen and oxygen atoms in total. The lowest BCUT2D eigenvalue weighted by atomic mass is 10.0. The Hall–Kier alpha value is -2.32. The van der Waals surface area contributed by atoms with Gasteiger partial charge in [0.25, 0.3) is 5.91 Å². The van der Waals surface area contributed by atoms with Gasteiger partial charge in [-0.15, -0.1) is 0 Å². The highest BCUT2D eigenvalue weighted by molar-refractivity contribution is 5.97. The van der Waals surface area contributed by atoms with E-state index in [1.165, 1.54) is 6.20 Å². The summed E-state index contributed by atoms with van der Waals surface area (Å²) in [5.74, 6) is -0.217. The Labute approximate surface area is 144 Å². The number of amides is 1. The fourth-order valence-corrected chi connectivity index (χ4v) is 3.07. The minimum atomic E-state index is -0.217. The van der Waals surface area contributed by atoms with Crippen molar-refractivity contribution in [1.29, 1.82) is 5.26 Å². The molecule has 0 spiro atoms. The molecule has 1 aromatic carbocycles. The molecular weight excluding hydrogens is 300 g/mol. The van der Waals surface area contributed by atoms with Crippen LogP contribution < -0.4 is 5.32 Å². The third kappa shape index (κ3) is 4.15. The van der Waals surface area contributed by atoms with Gasteiger partial charge in [-0.25, -0.2) is 0 Å². The van der Waals surface area contributed by atoms with Crippen LogP contribution in [0.15, 0.2) is 30.0 Å². The Kier molecular flexibility index (Phi) is 5.99. The molecule has 2 rings (SSSR count). The van der Waals surface area contributed by atoms with Crippen molar-refractivity contribution < 1.29 is 4.79 Å². The Morgan fingerprint density at radius 2 is 1.92 bits per heavy atom. The molecule has 1 saturated heterocycles. The summed E-state index contributed by atoms with van der Waals surface area (Å²) in [6.45, 7) is 5.96. The number of hydrogen-bond donors (Lipinski definition) is 1. The van der Waals surface area contributed by atoms with Crippen LogP contribution in [0.4, 0.5) is 5.69 Å². The van der Waals surface area contributed by atoms with Gasteiger partial charge in [0.1, 0.15) is 11.6 Å². The Morgan fingerprint density at radius 1 is 1.33 bits per heavy atom. The molecule has 1 aromatic rings. The number of para-hydroxylation sites is 1. The number of nitrogens with one attached hydrogen (secondary N) is 1. The maximum Gasteiger partial charge on any atom is 0.266 e. The van der Waals surface area contributed by atoms with E-state index >= 15 is 0 Å². The van der Waals surface area contributed by atoms with E-state index in [-0.39, 0.29) is 17.5 Å². The Morgan fingerprint density at radius 3 is 2.46 bits per heavy atom. The predicted molar refractivity (Wildman–Crippen MR) is 96.5 cm³/mol. The van der Waals surface area contributed by atoms with Gasteiger partial charge in [-0.1, -0.05) is 18.2 Å². The lowest BCUT2D eigenvalue weighted by Crippen LogP contribution is -2.44. The molecule has 0 radical (unpaired) electrons. The molecular formula is C19H26N4O. The largest absolute Gasteiger partial charge is 0.360 e. The van der Waals surface area contributed by atoms with Crippen LogP contribution in [0.25, 0.3) is 0 Å².